The second-order valence-electron chi connectivity index (χ2n) is 4.87. The van der Waals surface area contributed by atoms with Gasteiger partial charge in [-0.2, -0.15) is 0 Å². The Labute approximate surface area is 143 Å². The molecule has 0 atom stereocenters. The van der Waals surface area contributed by atoms with Crippen molar-refractivity contribution in [3.05, 3.63) is 60.8 Å². The summed E-state index contributed by atoms with van der Waals surface area (Å²) >= 11 is 1.45. The van der Waals surface area contributed by atoms with Crippen molar-refractivity contribution in [3.8, 4) is 17.2 Å². The maximum Gasteiger partial charge on any atom is 0.277 e. The number of nitrogens with two attached hydrogens (primary N) is 1. The number of ether oxygens (including phenoxy) is 1. The molecule has 122 valence electrons. The van der Waals surface area contributed by atoms with E-state index in [0.717, 1.165) is 16.9 Å². The molecule has 3 aromatic rings. The zero-order chi connectivity index (χ0) is 16.8. The topological polar surface area (TPSA) is 87.1 Å². The quantitative estimate of drug-likeness (QED) is 0.519. The van der Waals surface area contributed by atoms with Crippen molar-refractivity contribution in [2.75, 3.05) is 12.3 Å². The lowest BCUT2D eigenvalue weighted by molar-refractivity contribution is 0.363. The summed E-state index contributed by atoms with van der Waals surface area (Å²) in [7, 11) is 0. The molecular weight excluding hydrogens is 324 g/mol. The molecule has 3 rings (SSSR count). The smallest absolute Gasteiger partial charge is 0.277 e. The minimum atomic E-state index is 0.472. The third-order valence-corrected chi connectivity index (χ3v) is 3.97. The summed E-state index contributed by atoms with van der Waals surface area (Å²) in [4.78, 5) is 3.97. The molecule has 0 saturated heterocycles. The highest BCUT2D eigenvalue weighted by Gasteiger charge is 2.09. The first-order chi connectivity index (χ1) is 11.7. The van der Waals surface area contributed by atoms with Gasteiger partial charge < -0.3 is 14.9 Å². The number of benzene rings is 1. The zero-order valence-corrected chi connectivity index (χ0v) is 13.7. The molecule has 2 heterocycles. The fourth-order valence-electron chi connectivity index (χ4n) is 1.96. The van der Waals surface area contributed by atoms with Crippen LogP contribution in [0.1, 0.15) is 5.56 Å². The van der Waals surface area contributed by atoms with Gasteiger partial charge in [0.1, 0.15) is 18.2 Å². The second-order valence-corrected chi connectivity index (χ2v) is 5.80. The number of anilines is 1. The average molecular weight is 340 g/mol. The molecule has 1 aromatic carbocycles. The maximum atomic E-state index is 5.68. The van der Waals surface area contributed by atoms with Crippen LogP contribution in [0.3, 0.4) is 0 Å². The van der Waals surface area contributed by atoms with Gasteiger partial charge >= 0.3 is 0 Å². The molecule has 0 aliphatic heterocycles. The molecule has 0 saturated carbocycles. The van der Waals surface area contributed by atoms with Crippen LogP contribution in [0.4, 0.5) is 5.82 Å². The van der Waals surface area contributed by atoms with Crippen molar-refractivity contribution < 1.29 is 9.15 Å². The first-order valence-electron chi connectivity index (χ1n) is 7.25. The van der Waals surface area contributed by atoms with E-state index in [1.54, 1.807) is 12.3 Å². The van der Waals surface area contributed by atoms with E-state index in [0.29, 0.717) is 29.3 Å². The van der Waals surface area contributed by atoms with Crippen LogP contribution in [0, 0.1) is 0 Å². The van der Waals surface area contributed by atoms with E-state index < -0.39 is 0 Å². The highest BCUT2D eigenvalue weighted by atomic mass is 32.2. The Morgan fingerprint density at radius 2 is 2.04 bits per heavy atom. The standard InChI is InChI=1S/C17H16N4O2S/c1-2-9-22-14-5-3-13(4-6-14)16-20-21-17(23-16)24-11-12-7-8-19-15(18)10-12/h2-8,10H,1,9,11H2,(H2,18,19). The van der Waals surface area contributed by atoms with Crippen LogP contribution in [0.5, 0.6) is 5.75 Å². The monoisotopic (exact) mass is 340 g/mol. The fourth-order valence-corrected chi connectivity index (χ4v) is 2.67. The Balaban J connectivity index is 1.63. The molecule has 0 bridgehead atoms. The predicted octanol–water partition coefficient (Wildman–Crippen LogP) is 3.57. The molecule has 0 fully saturated rings. The van der Waals surface area contributed by atoms with Crippen LogP contribution in [-0.2, 0) is 5.75 Å². The molecule has 24 heavy (non-hydrogen) atoms. The molecule has 0 aliphatic carbocycles. The molecule has 0 aliphatic rings. The molecule has 0 spiro atoms. The van der Waals surface area contributed by atoms with Gasteiger partial charge in [0.25, 0.3) is 5.22 Å². The number of aromatic nitrogens is 3. The second kappa shape index (κ2) is 7.65. The minimum absolute atomic E-state index is 0.472. The van der Waals surface area contributed by atoms with Gasteiger partial charge in [-0.1, -0.05) is 24.4 Å². The van der Waals surface area contributed by atoms with Gasteiger partial charge in [0.2, 0.25) is 5.89 Å². The van der Waals surface area contributed by atoms with Crippen LogP contribution in [0.25, 0.3) is 11.5 Å². The Bertz CT molecular complexity index is 817. The summed E-state index contributed by atoms with van der Waals surface area (Å²) in [5.74, 6) is 2.42. The van der Waals surface area contributed by atoms with Crippen LogP contribution in [-0.4, -0.2) is 21.8 Å². The molecular formula is C17H16N4O2S. The SMILES string of the molecule is C=CCOc1ccc(-c2nnc(SCc3ccnc(N)c3)o2)cc1. The highest BCUT2D eigenvalue weighted by Crippen LogP contribution is 2.27. The summed E-state index contributed by atoms with van der Waals surface area (Å²) in [6.45, 7) is 4.09. The van der Waals surface area contributed by atoms with E-state index in [1.165, 1.54) is 11.8 Å². The van der Waals surface area contributed by atoms with Crippen molar-refractivity contribution in [2.45, 2.75) is 11.0 Å². The Morgan fingerprint density at radius 3 is 2.79 bits per heavy atom. The number of hydrogen-bond donors (Lipinski definition) is 1. The lowest BCUT2D eigenvalue weighted by Gasteiger charge is -2.02. The van der Waals surface area contributed by atoms with Crippen molar-refractivity contribution in [2.24, 2.45) is 0 Å². The Kier molecular flexibility index (Phi) is 5.12. The summed E-state index contributed by atoms with van der Waals surface area (Å²) in [6, 6.07) is 11.2. The van der Waals surface area contributed by atoms with Crippen molar-refractivity contribution in [3.63, 3.8) is 0 Å². The van der Waals surface area contributed by atoms with Gasteiger partial charge in [-0.15, -0.1) is 10.2 Å². The summed E-state index contributed by atoms with van der Waals surface area (Å²) in [5.41, 5.74) is 7.56. The first-order valence-corrected chi connectivity index (χ1v) is 8.24. The Morgan fingerprint density at radius 1 is 1.21 bits per heavy atom. The third kappa shape index (κ3) is 4.14. The third-order valence-electron chi connectivity index (χ3n) is 3.08. The molecule has 0 amide bonds. The summed E-state index contributed by atoms with van der Waals surface area (Å²) in [6.07, 6.45) is 3.38. The van der Waals surface area contributed by atoms with Crippen LogP contribution in [0.2, 0.25) is 0 Å². The van der Waals surface area contributed by atoms with E-state index >= 15 is 0 Å². The molecule has 0 radical (unpaired) electrons. The van der Waals surface area contributed by atoms with Crippen molar-refractivity contribution in [1.29, 1.82) is 0 Å². The van der Waals surface area contributed by atoms with Gasteiger partial charge in [0.05, 0.1) is 0 Å². The molecule has 2 N–H and O–H groups in total. The van der Waals surface area contributed by atoms with E-state index in [9.17, 15) is 0 Å². The number of nitrogens with zero attached hydrogens (tertiary/aromatic N) is 3. The minimum Gasteiger partial charge on any atom is -0.490 e. The number of hydrogen-bond acceptors (Lipinski definition) is 7. The molecule has 7 heteroatoms. The summed E-state index contributed by atoms with van der Waals surface area (Å²) < 4.78 is 11.1. The zero-order valence-electron chi connectivity index (χ0n) is 12.9. The van der Waals surface area contributed by atoms with Gasteiger partial charge in [-0.3, -0.25) is 0 Å². The average Bonchev–Trinajstić information content (AvgIpc) is 3.08. The number of nitrogen functional groups attached to an aromatic ring is 1. The van der Waals surface area contributed by atoms with Gasteiger partial charge in [0.15, 0.2) is 0 Å². The Hall–Kier alpha value is -2.80. The van der Waals surface area contributed by atoms with E-state index in [4.69, 9.17) is 14.9 Å². The predicted molar refractivity (Wildman–Crippen MR) is 93.6 cm³/mol. The van der Waals surface area contributed by atoms with E-state index in [1.807, 2.05) is 36.4 Å². The van der Waals surface area contributed by atoms with Crippen molar-refractivity contribution >= 4 is 17.6 Å². The molecule has 0 unspecified atom stereocenters. The van der Waals surface area contributed by atoms with Gasteiger partial charge in [-0.05, 0) is 42.0 Å². The highest BCUT2D eigenvalue weighted by molar-refractivity contribution is 7.98. The molecule has 6 nitrogen and oxygen atoms in total. The van der Waals surface area contributed by atoms with Crippen molar-refractivity contribution in [1.82, 2.24) is 15.2 Å². The number of rotatable bonds is 7. The fraction of sp³-hybridized carbons (Fsp3) is 0.118. The van der Waals surface area contributed by atoms with E-state index in [-0.39, 0.29) is 0 Å². The van der Waals surface area contributed by atoms with Crippen LogP contribution < -0.4 is 10.5 Å². The largest absolute Gasteiger partial charge is 0.490 e. The van der Waals surface area contributed by atoms with Gasteiger partial charge in [-0.25, -0.2) is 4.98 Å². The van der Waals surface area contributed by atoms with Crippen LogP contribution >= 0.6 is 11.8 Å². The first kappa shape index (κ1) is 16.1. The maximum absolute atomic E-state index is 5.68. The van der Waals surface area contributed by atoms with E-state index in [2.05, 4.69) is 21.8 Å². The lowest BCUT2D eigenvalue weighted by atomic mass is 10.2. The molecule has 2 aromatic heterocycles. The number of thioether (sulfide) groups is 1. The lowest BCUT2D eigenvalue weighted by Crippen LogP contribution is -1.92. The van der Waals surface area contributed by atoms with Crippen LogP contribution in [0.15, 0.2) is 64.9 Å². The summed E-state index contributed by atoms with van der Waals surface area (Å²) in [5, 5.41) is 8.64. The van der Waals surface area contributed by atoms with Gasteiger partial charge in [0, 0.05) is 17.5 Å². The normalized spacial score (nSPS) is 10.5. The number of pyridine rings is 1.